The number of amides is 3. The van der Waals surface area contributed by atoms with Crippen molar-refractivity contribution in [1.29, 1.82) is 0 Å². The molecule has 6 heteroatoms. The SMILES string of the molecule is NC1(C(=O)NCc2cccc(NC(=O)N3CCCC3)c2)CC1. The summed E-state index contributed by atoms with van der Waals surface area (Å²) in [6, 6.07) is 7.46. The standard InChI is InChI=1S/C16H22N4O2/c17-16(6-7-16)14(21)18-11-12-4-3-5-13(10-12)19-15(22)20-8-1-2-9-20/h3-5,10H,1-2,6-9,11,17H2,(H,18,21)(H,19,22). The molecule has 3 amide bonds. The number of hydrogen-bond acceptors (Lipinski definition) is 3. The second-order valence-electron chi connectivity index (χ2n) is 6.16. The second-order valence-corrected chi connectivity index (χ2v) is 6.16. The number of likely N-dealkylation sites (tertiary alicyclic amines) is 1. The maximum Gasteiger partial charge on any atom is 0.321 e. The molecule has 3 rings (SSSR count). The van der Waals surface area contributed by atoms with Gasteiger partial charge in [-0.25, -0.2) is 4.79 Å². The molecule has 2 aliphatic rings. The Morgan fingerprint density at radius 1 is 1.23 bits per heavy atom. The molecule has 1 heterocycles. The molecule has 1 saturated heterocycles. The molecule has 1 aliphatic heterocycles. The van der Waals surface area contributed by atoms with Crippen LogP contribution in [0.2, 0.25) is 0 Å². The number of carbonyl (C=O) groups excluding carboxylic acids is 2. The van der Waals surface area contributed by atoms with Gasteiger partial charge >= 0.3 is 6.03 Å². The molecule has 0 radical (unpaired) electrons. The average Bonchev–Trinajstić information content (AvgIpc) is 3.05. The normalized spacial score (nSPS) is 18.9. The summed E-state index contributed by atoms with van der Waals surface area (Å²) in [5.74, 6) is -0.0981. The fraction of sp³-hybridized carbons (Fsp3) is 0.500. The highest BCUT2D eigenvalue weighted by Crippen LogP contribution is 2.32. The van der Waals surface area contributed by atoms with Gasteiger partial charge in [0.2, 0.25) is 5.91 Å². The molecule has 0 bridgehead atoms. The van der Waals surface area contributed by atoms with Gasteiger partial charge in [0.1, 0.15) is 0 Å². The summed E-state index contributed by atoms with van der Waals surface area (Å²) in [6.07, 6.45) is 3.65. The zero-order valence-electron chi connectivity index (χ0n) is 12.6. The van der Waals surface area contributed by atoms with E-state index in [1.165, 1.54) is 0 Å². The van der Waals surface area contributed by atoms with Crippen LogP contribution in [-0.4, -0.2) is 35.5 Å². The van der Waals surface area contributed by atoms with Crippen molar-refractivity contribution in [3.8, 4) is 0 Å². The van der Waals surface area contributed by atoms with E-state index in [1.807, 2.05) is 29.2 Å². The molecule has 1 aromatic carbocycles. The first-order chi connectivity index (χ1) is 10.6. The lowest BCUT2D eigenvalue weighted by Gasteiger charge is -2.16. The Morgan fingerprint density at radius 3 is 2.64 bits per heavy atom. The van der Waals surface area contributed by atoms with Gasteiger partial charge in [0.05, 0.1) is 5.54 Å². The molecule has 0 spiro atoms. The van der Waals surface area contributed by atoms with Crippen LogP contribution in [0, 0.1) is 0 Å². The molecule has 4 N–H and O–H groups in total. The third-order valence-electron chi connectivity index (χ3n) is 4.27. The predicted octanol–water partition coefficient (Wildman–Crippen LogP) is 1.42. The zero-order chi connectivity index (χ0) is 15.6. The molecule has 0 atom stereocenters. The highest BCUT2D eigenvalue weighted by Gasteiger charge is 2.45. The van der Waals surface area contributed by atoms with Crippen molar-refractivity contribution in [2.24, 2.45) is 5.73 Å². The van der Waals surface area contributed by atoms with E-state index in [1.54, 1.807) is 0 Å². The molecule has 1 saturated carbocycles. The summed E-state index contributed by atoms with van der Waals surface area (Å²) in [4.78, 5) is 25.7. The molecular formula is C16H22N4O2. The van der Waals surface area contributed by atoms with Crippen LogP contribution in [0.15, 0.2) is 24.3 Å². The predicted molar refractivity (Wildman–Crippen MR) is 84.3 cm³/mol. The van der Waals surface area contributed by atoms with Crippen LogP contribution >= 0.6 is 0 Å². The van der Waals surface area contributed by atoms with Crippen molar-refractivity contribution < 1.29 is 9.59 Å². The summed E-state index contributed by atoms with van der Waals surface area (Å²) in [6.45, 7) is 2.06. The fourth-order valence-electron chi connectivity index (χ4n) is 2.60. The first-order valence-electron chi connectivity index (χ1n) is 7.79. The van der Waals surface area contributed by atoms with Gasteiger partial charge in [-0.1, -0.05) is 12.1 Å². The van der Waals surface area contributed by atoms with E-state index in [4.69, 9.17) is 5.73 Å². The Labute approximate surface area is 130 Å². The highest BCUT2D eigenvalue weighted by atomic mass is 16.2. The van der Waals surface area contributed by atoms with Crippen molar-refractivity contribution >= 4 is 17.6 Å². The number of nitrogens with two attached hydrogens (primary N) is 1. The van der Waals surface area contributed by atoms with Crippen LogP contribution in [0.3, 0.4) is 0 Å². The molecule has 2 fully saturated rings. The fourth-order valence-corrected chi connectivity index (χ4v) is 2.60. The third kappa shape index (κ3) is 3.39. The summed E-state index contributed by atoms with van der Waals surface area (Å²) >= 11 is 0. The molecule has 0 unspecified atom stereocenters. The minimum Gasteiger partial charge on any atom is -0.350 e. The van der Waals surface area contributed by atoms with Crippen molar-refractivity contribution in [3.63, 3.8) is 0 Å². The van der Waals surface area contributed by atoms with Gasteiger partial charge < -0.3 is 21.3 Å². The van der Waals surface area contributed by atoms with E-state index < -0.39 is 5.54 Å². The van der Waals surface area contributed by atoms with Crippen molar-refractivity contribution in [2.75, 3.05) is 18.4 Å². The van der Waals surface area contributed by atoms with Crippen LogP contribution < -0.4 is 16.4 Å². The number of urea groups is 1. The van der Waals surface area contributed by atoms with Gasteiger partial charge in [0, 0.05) is 25.3 Å². The highest BCUT2D eigenvalue weighted by molar-refractivity contribution is 5.90. The van der Waals surface area contributed by atoms with E-state index in [0.29, 0.717) is 6.54 Å². The zero-order valence-corrected chi connectivity index (χ0v) is 12.6. The van der Waals surface area contributed by atoms with Gasteiger partial charge in [0.25, 0.3) is 0 Å². The molecule has 6 nitrogen and oxygen atoms in total. The van der Waals surface area contributed by atoms with Gasteiger partial charge in [0.15, 0.2) is 0 Å². The first kappa shape index (κ1) is 14.8. The van der Waals surface area contributed by atoms with Crippen LogP contribution in [0.25, 0.3) is 0 Å². The largest absolute Gasteiger partial charge is 0.350 e. The van der Waals surface area contributed by atoms with Gasteiger partial charge in [-0.05, 0) is 43.4 Å². The smallest absolute Gasteiger partial charge is 0.321 e. The number of benzene rings is 1. The Hall–Kier alpha value is -2.08. The Morgan fingerprint density at radius 2 is 1.95 bits per heavy atom. The quantitative estimate of drug-likeness (QED) is 0.786. The number of carbonyl (C=O) groups is 2. The summed E-state index contributed by atoms with van der Waals surface area (Å²) in [5, 5.41) is 5.75. The van der Waals surface area contributed by atoms with Gasteiger partial charge in [-0.3, -0.25) is 4.79 Å². The number of nitrogens with zero attached hydrogens (tertiary/aromatic N) is 1. The minimum atomic E-state index is -0.651. The summed E-state index contributed by atoms with van der Waals surface area (Å²) < 4.78 is 0. The topological polar surface area (TPSA) is 87.5 Å². The maximum atomic E-state index is 12.1. The Bertz CT molecular complexity index is 577. The van der Waals surface area contributed by atoms with Crippen molar-refractivity contribution in [1.82, 2.24) is 10.2 Å². The third-order valence-corrected chi connectivity index (χ3v) is 4.27. The number of nitrogens with one attached hydrogen (secondary N) is 2. The second kappa shape index (κ2) is 5.96. The van der Waals surface area contributed by atoms with Crippen molar-refractivity contribution in [3.05, 3.63) is 29.8 Å². The number of hydrogen-bond donors (Lipinski definition) is 3. The van der Waals surface area contributed by atoms with E-state index >= 15 is 0 Å². The summed E-state index contributed by atoms with van der Waals surface area (Å²) in [5.41, 5.74) is 6.88. The van der Waals surface area contributed by atoms with Crippen LogP contribution in [0.4, 0.5) is 10.5 Å². The van der Waals surface area contributed by atoms with Crippen LogP contribution in [0.5, 0.6) is 0 Å². The average molecular weight is 302 g/mol. The van der Waals surface area contributed by atoms with E-state index in [9.17, 15) is 9.59 Å². The molecular weight excluding hydrogens is 280 g/mol. The van der Waals surface area contributed by atoms with E-state index in [0.717, 1.165) is 50.0 Å². The van der Waals surface area contributed by atoms with Gasteiger partial charge in [-0.15, -0.1) is 0 Å². The summed E-state index contributed by atoms with van der Waals surface area (Å²) in [7, 11) is 0. The molecule has 0 aromatic heterocycles. The number of anilines is 1. The lowest BCUT2D eigenvalue weighted by Crippen LogP contribution is -2.42. The molecule has 22 heavy (non-hydrogen) atoms. The van der Waals surface area contributed by atoms with E-state index in [2.05, 4.69) is 10.6 Å². The van der Waals surface area contributed by atoms with E-state index in [-0.39, 0.29) is 11.9 Å². The first-order valence-corrected chi connectivity index (χ1v) is 7.79. The minimum absolute atomic E-state index is 0.0578. The Kier molecular flexibility index (Phi) is 4.02. The van der Waals surface area contributed by atoms with Crippen molar-refractivity contribution in [2.45, 2.75) is 37.8 Å². The monoisotopic (exact) mass is 302 g/mol. The lowest BCUT2D eigenvalue weighted by atomic mass is 10.2. The Balaban J connectivity index is 1.55. The molecule has 118 valence electrons. The molecule has 1 aliphatic carbocycles. The van der Waals surface area contributed by atoms with Gasteiger partial charge in [-0.2, -0.15) is 0 Å². The van der Waals surface area contributed by atoms with Crippen LogP contribution in [-0.2, 0) is 11.3 Å². The number of rotatable bonds is 4. The maximum absolute atomic E-state index is 12.1. The lowest BCUT2D eigenvalue weighted by molar-refractivity contribution is -0.123. The molecule has 1 aromatic rings. The van der Waals surface area contributed by atoms with Crippen LogP contribution in [0.1, 0.15) is 31.2 Å².